The van der Waals surface area contributed by atoms with Crippen LogP contribution in [-0.2, 0) is 0 Å². The van der Waals surface area contributed by atoms with Gasteiger partial charge in [-0.3, -0.25) is 0 Å². The normalized spacial score (nSPS) is 17.8. The Balaban J connectivity index is 3.82. The molecule has 0 amide bonds. The smallest absolute Gasteiger partial charge is 0.0200 e. The van der Waals surface area contributed by atoms with Crippen LogP contribution in [0.15, 0.2) is 23.8 Å². The second kappa shape index (κ2) is 6.94. The minimum absolute atomic E-state index is 0.699. The Morgan fingerprint density at radius 2 is 1.92 bits per heavy atom. The summed E-state index contributed by atoms with van der Waals surface area (Å²) in [6, 6.07) is 0. The fraction of sp³-hybridized carbons (Fsp3) is 0.692. The first-order valence-electron chi connectivity index (χ1n) is 5.41. The maximum Gasteiger partial charge on any atom is -0.0200 e. The van der Waals surface area contributed by atoms with Gasteiger partial charge in [-0.05, 0) is 32.1 Å². The molecule has 0 aliphatic carbocycles. The molecule has 0 radical (unpaired) electrons. The van der Waals surface area contributed by atoms with E-state index in [0.29, 0.717) is 5.92 Å². The van der Waals surface area contributed by atoms with E-state index in [1.54, 1.807) is 0 Å². The van der Waals surface area contributed by atoms with Gasteiger partial charge in [0.15, 0.2) is 0 Å². The van der Waals surface area contributed by atoms with E-state index >= 15 is 0 Å². The molecule has 76 valence electrons. The fourth-order valence-corrected chi connectivity index (χ4v) is 1.12. The highest BCUT2D eigenvalue weighted by molar-refractivity contribution is 5.03. The third kappa shape index (κ3) is 5.68. The molecule has 13 heavy (non-hydrogen) atoms. The summed E-state index contributed by atoms with van der Waals surface area (Å²) in [5.41, 5.74) is 1.49. The molecule has 0 N–H and O–H groups in total. The lowest BCUT2D eigenvalue weighted by molar-refractivity contribution is 0.667. The van der Waals surface area contributed by atoms with Crippen LogP contribution in [0, 0.1) is 11.8 Å². The van der Waals surface area contributed by atoms with Crippen molar-refractivity contribution in [1.29, 1.82) is 0 Å². The minimum Gasteiger partial charge on any atom is -0.0885 e. The van der Waals surface area contributed by atoms with E-state index in [4.69, 9.17) is 0 Å². The molecule has 0 aromatic carbocycles. The van der Waals surface area contributed by atoms with Gasteiger partial charge in [-0.1, -0.05) is 51.0 Å². The van der Waals surface area contributed by atoms with Crippen molar-refractivity contribution in [2.24, 2.45) is 11.8 Å². The highest BCUT2D eigenvalue weighted by atomic mass is 14.1. The minimum atomic E-state index is 0.699. The van der Waals surface area contributed by atoms with E-state index in [1.165, 1.54) is 18.4 Å². The first kappa shape index (κ1) is 12.5. The summed E-state index contributed by atoms with van der Waals surface area (Å²) in [6.45, 7) is 11.1. The Morgan fingerprint density at radius 3 is 2.38 bits per heavy atom. The van der Waals surface area contributed by atoms with E-state index in [2.05, 4.69) is 52.8 Å². The molecule has 0 fully saturated rings. The van der Waals surface area contributed by atoms with Gasteiger partial charge in [0.2, 0.25) is 0 Å². The van der Waals surface area contributed by atoms with Gasteiger partial charge in [0.1, 0.15) is 0 Å². The van der Waals surface area contributed by atoms with Crippen molar-refractivity contribution in [1.82, 2.24) is 0 Å². The summed E-state index contributed by atoms with van der Waals surface area (Å²) in [5.74, 6) is 1.43. The number of rotatable bonds is 5. The molecule has 0 aromatic heterocycles. The molecule has 0 aromatic rings. The second-order valence-electron chi connectivity index (χ2n) is 3.98. The van der Waals surface area contributed by atoms with Crippen LogP contribution in [0.25, 0.3) is 0 Å². The monoisotopic (exact) mass is 180 g/mol. The van der Waals surface area contributed by atoms with Gasteiger partial charge < -0.3 is 0 Å². The van der Waals surface area contributed by atoms with Crippen LogP contribution in [0.2, 0.25) is 0 Å². The molecular formula is C13H24. The molecule has 0 nitrogen and oxygen atoms in total. The van der Waals surface area contributed by atoms with E-state index in [1.807, 2.05) is 0 Å². The van der Waals surface area contributed by atoms with Crippen LogP contribution in [0.1, 0.15) is 47.5 Å². The van der Waals surface area contributed by atoms with Crippen molar-refractivity contribution >= 4 is 0 Å². The molecule has 0 aliphatic heterocycles. The molecule has 2 unspecified atom stereocenters. The van der Waals surface area contributed by atoms with Gasteiger partial charge in [0.25, 0.3) is 0 Å². The third-order valence-corrected chi connectivity index (χ3v) is 2.83. The van der Waals surface area contributed by atoms with Crippen molar-refractivity contribution in [2.75, 3.05) is 0 Å². The quantitative estimate of drug-likeness (QED) is 0.543. The zero-order valence-electron chi connectivity index (χ0n) is 9.80. The molecule has 0 aliphatic rings. The Labute approximate surface area is 83.7 Å². The topological polar surface area (TPSA) is 0 Å². The molecule has 2 atom stereocenters. The molecular weight excluding hydrogens is 156 g/mol. The zero-order valence-corrected chi connectivity index (χ0v) is 9.80. The standard InChI is InChI=1S/C13H24/c1-6-11(3)9-8-10-13(5)12(4)7-2/h7-9,11,13H,6,10H2,1-5H3. The van der Waals surface area contributed by atoms with Crippen molar-refractivity contribution in [3.8, 4) is 0 Å². The highest BCUT2D eigenvalue weighted by Crippen LogP contribution is 2.15. The number of allylic oxidation sites excluding steroid dienone is 4. The van der Waals surface area contributed by atoms with Gasteiger partial charge in [-0.15, -0.1) is 0 Å². The van der Waals surface area contributed by atoms with Crippen molar-refractivity contribution in [3.05, 3.63) is 23.8 Å². The summed E-state index contributed by atoms with van der Waals surface area (Å²) < 4.78 is 0. The number of hydrogen-bond acceptors (Lipinski definition) is 0. The van der Waals surface area contributed by atoms with Crippen LogP contribution in [0.3, 0.4) is 0 Å². The van der Waals surface area contributed by atoms with E-state index in [-0.39, 0.29) is 0 Å². The first-order chi connectivity index (χ1) is 6.11. The molecule has 0 heterocycles. The molecule has 0 heteroatoms. The molecule has 0 saturated carbocycles. The van der Waals surface area contributed by atoms with E-state index in [9.17, 15) is 0 Å². The van der Waals surface area contributed by atoms with Crippen LogP contribution in [0.4, 0.5) is 0 Å². The first-order valence-corrected chi connectivity index (χ1v) is 5.41. The highest BCUT2D eigenvalue weighted by Gasteiger charge is 2.00. The lowest BCUT2D eigenvalue weighted by atomic mass is 9.97. The largest absolute Gasteiger partial charge is 0.0885 e. The lowest BCUT2D eigenvalue weighted by Gasteiger charge is -2.08. The second-order valence-corrected chi connectivity index (χ2v) is 3.98. The van der Waals surface area contributed by atoms with Gasteiger partial charge in [-0.2, -0.15) is 0 Å². The predicted octanol–water partition coefficient (Wildman–Crippen LogP) is 4.58. The summed E-state index contributed by atoms with van der Waals surface area (Å²) in [4.78, 5) is 0. The Hall–Kier alpha value is -0.520. The van der Waals surface area contributed by atoms with Gasteiger partial charge in [0, 0.05) is 0 Å². The Kier molecular flexibility index (Phi) is 6.66. The van der Waals surface area contributed by atoms with Crippen LogP contribution in [0.5, 0.6) is 0 Å². The van der Waals surface area contributed by atoms with Crippen LogP contribution >= 0.6 is 0 Å². The van der Waals surface area contributed by atoms with Crippen LogP contribution < -0.4 is 0 Å². The van der Waals surface area contributed by atoms with Gasteiger partial charge in [0.05, 0.1) is 0 Å². The Bertz CT molecular complexity index is 174. The summed E-state index contributed by atoms with van der Waals surface area (Å²) >= 11 is 0. The zero-order chi connectivity index (χ0) is 10.3. The maximum absolute atomic E-state index is 2.33. The molecule has 0 spiro atoms. The fourth-order valence-electron chi connectivity index (χ4n) is 1.12. The summed E-state index contributed by atoms with van der Waals surface area (Å²) in [6.07, 6.45) is 9.29. The average Bonchev–Trinajstić information content (AvgIpc) is 2.15. The number of hydrogen-bond donors (Lipinski definition) is 0. The van der Waals surface area contributed by atoms with Crippen molar-refractivity contribution < 1.29 is 0 Å². The van der Waals surface area contributed by atoms with E-state index in [0.717, 1.165) is 5.92 Å². The lowest BCUT2D eigenvalue weighted by Crippen LogP contribution is -1.94. The van der Waals surface area contributed by atoms with Gasteiger partial charge in [-0.25, -0.2) is 0 Å². The summed E-state index contributed by atoms with van der Waals surface area (Å²) in [7, 11) is 0. The van der Waals surface area contributed by atoms with E-state index < -0.39 is 0 Å². The SMILES string of the molecule is CC=C(C)C(C)CC=CC(C)CC. The molecule has 0 saturated heterocycles. The molecule has 0 rings (SSSR count). The predicted molar refractivity (Wildman–Crippen MR) is 61.8 cm³/mol. The van der Waals surface area contributed by atoms with Gasteiger partial charge >= 0.3 is 0 Å². The average molecular weight is 180 g/mol. The summed E-state index contributed by atoms with van der Waals surface area (Å²) in [5, 5.41) is 0. The maximum atomic E-state index is 2.33. The van der Waals surface area contributed by atoms with Crippen LogP contribution in [-0.4, -0.2) is 0 Å². The third-order valence-electron chi connectivity index (χ3n) is 2.83. The Morgan fingerprint density at radius 1 is 1.31 bits per heavy atom. The molecule has 0 bridgehead atoms. The van der Waals surface area contributed by atoms with Crippen molar-refractivity contribution in [2.45, 2.75) is 47.5 Å². The van der Waals surface area contributed by atoms with Crippen molar-refractivity contribution in [3.63, 3.8) is 0 Å².